The quantitative estimate of drug-likeness (QED) is 0.557. The van der Waals surface area contributed by atoms with Crippen LogP contribution in [-0.4, -0.2) is 0 Å². The van der Waals surface area contributed by atoms with Crippen LogP contribution in [-0.2, 0) is 5.41 Å². The molecule has 0 atom stereocenters. The summed E-state index contributed by atoms with van der Waals surface area (Å²) < 4.78 is 0. The molecule has 94 valence electrons. The van der Waals surface area contributed by atoms with Gasteiger partial charge in [0.2, 0.25) is 0 Å². The predicted octanol–water partition coefficient (Wildman–Crippen LogP) is 5.84. The molecule has 0 N–H and O–H groups in total. The highest BCUT2D eigenvalue weighted by Gasteiger charge is 2.20. The van der Waals surface area contributed by atoms with E-state index in [0.717, 1.165) is 10.6 Å². The lowest BCUT2D eigenvalue weighted by Crippen LogP contribution is -2.17. The molecule has 0 bridgehead atoms. The summed E-state index contributed by atoms with van der Waals surface area (Å²) >= 11 is 6.23. The molecule has 0 fully saturated rings. The molecular weight excluding hydrogens is 228 g/mol. The van der Waals surface area contributed by atoms with E-state index in [1.807, 2.05) is 0 Å². The molecule has 0 spiro atoms. The fraction of sp³-hybridized carbons (Fsp3) is 0.500. The summed E-state index contributed by atoms with van der Waals surface area (Å²) in [5.74, 6) is 0. The van der Waals surface area contributed by atoms with E-state index in [1.165, 1.54) is 31.2 Å². The van der Waals surface area contributed by atoms with Crippen LogP contribution in [0.2, 0.25) is 5.02 Å². The minimum absolute atomic E-state index is 0.207. The number of hydrogen-bond donors (Lipinski definition) is 0. The van der Waals surface area contributed by atoms with Crippen molar-refractivity contribution in [3.63, 3.8) is 0 Å². The average molecular weight is 251 g/mol. The summed E-state index contributed by atoms with van der Waals surface area (Å²) in [6.45, 7) is 10.6. The molecule has 1 aromatic rings. The standard InChI is InChI=1S/C16H23Cl/c1-5-7-8-11-16(3,4)14-10-9-13(6-2)15(17)12-14/h6,9-10,12H,2,5,7-8,11H2,1,3-4H3. The van der Waals surface area contributed by atoms with Crippen molar-refractivity contribution in [1.29, 1.82) is 0 Å². The lowest BCUT2D eigenvalue weighted by molar-refractivity contribution is 0.450. The van der Waals surface area contributed by atoms with Crippen molar-refractivity contribution in [1.82, 2.24) is 0 Å². The van der Waals surface area contributed by atoms with E-state index in [0.29, 0.717) is 0 Å². The van der Waals surface area contributed by atoms with Crippen LogP contribution in [0.5, 0.6) is 0 Å². The first-order valence-electron chi connectivity index (χ1n) is 6.43. The van der Waals surface area contributed by atoms with Crippen molar-refractivity contribution in [3.05, 3.63) is 40.9 Å². The van der Waals surface area contributed by atoms with Gasteiger partial charge in [-0.3, -0.25) is 0 Å². The Morgan fingerprint density at radius 3 is 2.53 bits per heavy atom. The predicted molar refractivity (Wildman–Crippen MR) is 78.7 cm³/mol. The second kappa shape index (κ2) is 6.26. The Morgan fingerprint density at radius 1 is 1.29 bits per heavy atom. The summed E-state index contributed by atoms with van der Waals surface area (Å²) in [6, 6.07) is 6.32. The Bertz CT molecular complexity index is 377. The first kappa shape index (κ1) is 14.3. The molecule has 0 unspecified atom stereocenters. The highest BCUT2D eigenvalue weighted by atomic mass is 35.5. The minimum atomic E-state index is 0.207. The normalized spacial score (nSPS) is 11.5. The molecule has 1 heteroatoms. The molecular formula is C16H23Cl. The van der Waals surface area contributed by atoms with Crippen molar-refractivity contribution in [2.24, 2.45) is 0 Å². The molecule has 0 saturated heterocycles. The van der Waals surface area contributed by atoms with E-state index in [-0.39, 0.29) is 5.41 Å². The van der Waals surface area contributed by atoms with Gasteiger partial charge in [0.05, 0.1) is 0 Å². The largest absolute Gasteiger partial charge is 0.0984 e. The first-order valence-corrected chi connectivity index (χ1v) is 6.81. The minimum Gasteiger partial charge on any atom is -0.0984 e. The summed E-state index contributed by atoms with van der Waals surface area (Å²) in [5.41, 5.74) is 2.54. The Balaban J connectivity index is 2.83. The van der Waals surface area contributed by atoms with Gasteiger partial charge in [-0.15, -0.1) is 0 Å². The van der Waals surface area contributed by atoms with Gasteiger partial charge in [0.25, 0.3) is 0 Å². The smallest absolute Gasteiger partial charge is 0.0481 e. The van der Waals surface area contributed by atoms with Crippen molar-refractivity contribution in [2.75, 3.05) is 0 Å². The zero-order valence-corrected chi connectivity index (χ0v) is 12.0. The number of hydrogen-bond acceptors (Lipinski definition) is 0. The molecule has 0 saturated carbocycles. The molecule has 0 nitrogen and oxygen atoms in total. The third-order valence-electron chi connectivity index (χ3n) is 3.41. The molecule has 17 heavy (non-hydrogen) atoms. The van der Waals surface area contributed by atoms with Crippen molar-refractivity contribution in [3.8, 4) is 0 Å². The van der Waals surface area contributed by atoms with E-state index in [1.54, 1.807) is 6.08 Å². The van der Waals surface area contributed by atoms with E-state index < -0.39 is 0 Å². The van der Waals surface area contributed by atoms with Crippen LogP contribution < -0.4 is 0 Å². The third-order valence-corrected chi connectivity index (χ3v) is 3.73. The van der Waals surface area contributed by atoms with Gasteiger partial charge in [0, 0.05) is 5.02 Å². The molecule has 1 rings (SSSR count). The molecule has 0 aromatic heterocycles. The molecule has 0 amide bonds. The van der Waals surface area contributed by atoms with Gasteiger partial charge >= 0.3 is 0 Å². The van der Waals surface area contributed by atoms with E-state index >= 15 is 0 Å². The zero-order chi connectivity index (χ0) is 12.9. The monoisotopic (exact) mass is 250 g/mol. The fourth-order valence-electron chi connectivity index (χ4n) is 2.07. The number of halogens is 1. The Morgan fingerprint density at radius 2 is 2.00 bits per heavy atom. The summed E-state index contributed by atoms with van der Waals surface area (Å²) in [5, 5.41) is 0.807. The van der Waals surface area contributed by atoms with Crippen molar-refractivity contribution < 1.29 is 0 Å². The Kier molecular flexibility index (Phi) is 5.27. The van der Waals surface area contributed by atoms with Crippen molar-refractivity contribution >= 4 is 17.7 Å². The lowest BCUT2D eigenvalue weighted by Gasteiger charge is -2.25. The highest BCUT2D eigenvalue weighted by Crippen LogP contribution is 2.32. The molecule has 0 aliphatic rings. The molecule has 1 aromatic carbocycles. The SMILES string of the molecule is C=Cc1ccc(C(C)(C)CCCCC)cc1Cl. The van der Waals surface area contributed by atoms with Crippen LogP contribution in [0.4, 0.5) is 0 Å². The van der Waals surface area contributed by atoms with Crippen LogP contribution in [0, 0.1) is 0 Å². The fourth-order valence-corrected chi connectivity index (χ4v) is 2.33. The van der Waals surface area contributed by atoms with Gasteiger partial charge in [-0.05, 0) is 29.0 Å². The molecule has 0 aliphatic carbocycles. The second-order valence-corrected chi connectivity index (χ2v) is 5.69. The van der Waals surface area contributed by atoms with Gasteiger partial charge in [0.1, 0.15) is 0 Å². The van der Waals surface area contributed by atoms with Gasteiger partial charge < -0.3 is 0 Å². The number of benzene rings is 1. The van der Waals surface area contributed by atoms with Gasteiger partial charge in [-0.2, -0.15) is 0 Å². The maximum Gasteiger partial charge on any atom is 0.0481 e. The number of unbranched alkanes of at least 4 members (excludes halogenated alkanes) is 2. The highest BCUT2D eigenvalue weighted by molar-refractivity contribution is 6.32. The van der Waals surface area contributed by atoms with Gasteiger partial charge in [-0.25, -0.2) is 0 Å². The van der Waals surface area contributed by atoms with Crippen LogP contribution in [0.1, 0.15) is 57.6 Å². The first-order chi connectivity index (χ1) is 8.01. The second-order valence-electron chi connectivity index (χ2n) is 5.28. The maximum atomic E-state index is 6.23. The van der Waals surface area contributed by atoms with E-state index in [9.17, 15) is 0 Å². The summed E-state index contributed by atoms with van der Waals surface area (Å²) in [7, 11) is 0. The molecule has 0 aliphatic heterocycles. The van der Waals surface area contributed by atoms with Crippen LogP contribution >= 0.6 is 11.6 Å². The average Bonchev–Trinajstić information content (AvgIpc) is 2.29. The summed E-state index contributed by atoms with van der Waals surface area (Å²) in [4.78, 5) is 0. The maximum absolute atomic E-state index is 6.23. The molecule has 0 heterocycles. The molecule has 0 radical (unpaired) electrons. The van der Waals surface area contributed by atoms with Crippen LogP contribution in [0.15, 0.2) is 24.8 Å². The van der Waals surface area contributed by atoms with Gasteiger partial charge in [-0.1, -0.05) is 76.4 Å². The van der Waals surface area contributed by atoms with Gasteiger partial charge in [0.15, 0.2) is 0 Å². The lowest BCUT2D eigenvalue weighted by atomic mass is 9.80. The Labute approximate surface area is 111 Å². The Hall–Kier alpha value is -0.750. The summed E-state index contributed by atoms with van der Waals surface area (Å²) in [6.07, 6.45) is 6.87. The van der Waals surface area contributed by atoms with Crippen molar-refractivity contribution in [2.45, 2.75) is 51.9 Å². The van der Waals surface area contributed by atoms with Crippen LogP contribution in [0.25, 0.3) is 6.08 Å². The van der Waals surface area contributed by atoms with E-state index in [2.05, 4.69) is 45.5 Å². The number of rotatable bonds is 6. The van der Waals surface area contributed by atoms with E-state index in [4.69, 9.17) is 11.6 Å². The zero-order valence-electron chi connectivity index (χ0n) is 11.2. The van der Waals surface area contributed by atoms with Crippen LogP contribution in [0.3, 0.4) is 0 Å². The third kappa shape index (κ3) is 3.89. The topological polar surface area (TPSA) is 0 Å².